The molecule has 1 aliphatic heterocycles. The van der Waals surface area contributed by atoms with Crippen LogP contribution in [0.25, 0.3) is 0 Å². The zero-order valence-corrected chi connectivity index (χ0v) is 13.4. The van der Waals surface area contributed by atoms with E-state index >= 15 is 0 Å². The molecule has 20 heavy (non-hydrogen) atoms. The Morgan fingerprint density at radius 3 is 2.60 bits per heavy atom. The fourth-order valence-electron chi connectivity index (χ4n) is 2.91. The topological polar surface area (TPSA) is 49.6 Å². The first kappa shape index (κ1) is 15.5. The number of aryl methyl sites for hydroxylation is 1. The van der Waals surface area contributed by atoms with Crippen molar-refractivity contribution in [3.8, 4) is 0 Å². The number of amides is 1. The second kappa shape index (κ2) is 6.70. The van der Waals surface area contributed by atoms with Gasteiger partial charge in [0, 0.05) is 48.9 Å². The number of carbonyl (C=O) groups excluding carboxylic acids is 1. The molecule has 0 spiro atoms. The van der Waals surface area contributed by atoms with Crippen molar-refractivity contribution in [2.75, 3.05) is 26.2 Å². The average molecular weight is 295 g/mol. The van der Waals surface area contributed by atoms with Gasteiger partial charge in [0.1, 0.15) is 0 Å². The number of hydrogen-bond donors (Lipinski definition) is 1. The third-order valence-corrected chi connectivity index (χ3v) is 4.99. The van der Waals surface area contributed by atoms with Crippen LogP contribution in [-0.4, -0.2) is 47.9 Å². The molecular weight excluding hydrogens is 270 g/mol. The van der Waals surface area contributed by atoms with E-state index < -0.39 is 0 Å². The minimum Gasteiger partial charge on any atom is -0.342 e. The maximum absolute atomic E-state index is 11.5. The van der Waals surface area contributed by atoms with Gasteiger partial charge in [-0.25, -0.2) is 0 Å². The highest BCUT2D eigenvalue weighted by Gasteiger charge is 2.27. The zero-order valence-electron chi connectivity index (χ0n) is 12.6. The van der Waals surface area contributed by atoms with E-state index in [0.717, 1.165) is 32.6 Å². The lowest BCUT2D eigenvalue weighted by Gasteiger charge is -2.32. The van der Waals surface area contributed by atoms with Crippen LogP contribution in [0.2, 0.25) is 0 Å². The minimum absolute atomic E-state index is 0.0944. The summed E-state index contributed by atoms with van der Waals surface area (Å²) < 4.78 is 0. The standard InChI is InChI=1S/C15H25N3OS/c1-11-5-6-14(20-11)15(12(2)16)18-8-4-7-17(9-10-18)13(3)19/h5-6,12,15H,4,7-10,16H2,1-3H3. The van der Waals surface area contributed by atoms with Crippen LogP contribution in [0.1, 0.15) is 36.1 Å². The summed E-state index contributed by atoms with van der Waals surface area (Å²) in [4.78, 5) is 18.6. The Bertz CT molecular complexity index is 458. The fourth-order valence-corrected chi connectivity index (χ4v) is 4.04. The fraction of sp³-hybridized carbons (Fsp3) is 0.667. The van der Waals surface area contributed by atoms with Crippen molar-refractivity contribution < 1.29 is 4.79 Å². The van der Waals surface area contributed by atoms with E-state index in [-0.39, 0.29) is 18.0 Å². The molecule has 0 bridgehead atoms. The van der Waals surface area contributed by atoms with Crippen molar-refractivity contribution in [3.05, 3.63) is 21.9 Å². The van der Waals surface area contributed by atoms with Crippen LogP contribution in [0.15, 0.2) is 12.1 Å². The van der Waals surface area contributed by atoms with Gasteiger partial charge in [0.15, 0.2) is 0 Å². The summed E-state index contributed by atoms with van der Waals surface area (Å²) in [6.07, 6.45) is 1.02. The van der Waals surface area contributed by atoms with Crippen LogP contribution in [0, 0.1) is 6.92 Å². The molecule has 0 aromatic carbocycles. The maximum Gasteiger partial charge on any atom is 0.219 e. The van der Waals surface area contributed by atoms with E-state index in [1.165, 1.54) is 9.75 Å². The SMILES string of the molecule is CC(=O)N1CCCN(C(c2ccc(C)s2)C(C)N)CC1. The molecule has 1 aromatic heterocycles. The maximum atomic E-state index is 11.5. The highest BCUT2D eigenvalue weighted by Crippen LogP contribution is 2.30. The summed E-state index contributed by atoms with van der Waals surface area (Å²) in [5, 5.41) is 0. The van der Waals surface area contributed by atoms with Gasteiger partial charge < -0.3 is 10.6 Å². The third kappa shape index (κ3) is 3.59. The highest BCUT2D eigenvalue weighted by atomic mass is 32.1. The Morgan fingerprint density at radius 1 is 1.30 bits per heavy atom. The predicted octanol–water partition coefficient (Wildman–Crippen LogP) is 2.00. The molecule has 2 N–H and O–H groups in total. The van der Waals surface area contributed by atoms with Crippen LogP contribution in [0.3, 0.4) is 0 Å². The molecule has 1 saturated heterocycles. The van der Waals surface area contributed by atoms with Crippen LogP contribution < -0.4 is 5.73 Å². The summed E-state index contributed by atoms with van der Waals surface area (Å²) >= 11 is 1.83. The molecular formula is C15H25N3OS. The van der Waals surface area contributed by atoms with Crippen LogP contribution >= 0.6 is 11.3 Å². The van der Waals surface area contributed by atoms with E-state index in [4.69, 9.17) is 5.73 Å². The van der Waals surface area contributed by atoms with Crippen molar-refractivity contribution in [3.63, 3.8) is 0 Å². The summed E-state index contributed by atoms with van der Waals surface area (Å²) in [7, 11) is 0. The van der Waals surface area contributed by atoms with Crippen molar-refractivity contribution in [1.82, 2.24) is 9.80 Å². The Kier molecular flexibility index (Phi) is 5.18. The Balaban J connectivity index is 2.12. The summed E-state index contributed by atoms with van der Waals surface area (Å²) in [5.41, 5.74) is 6.24. The lowest BCUT2D eigenvalue weighted by Crippen LogP contribution is -2.41. The molecule has 0 radical (unpaired) electrons. The number of thiophene rings is 1. The van der Waals surface area contributed by atoms with Crippen molar-refractivity contribution >= 4 is 17.2 Å². The summed E-state index contributed by atoms with van der Waals surface area (Å²) in [6.45, 7) is 9.44. The number of rotatable bonds is 3. The van der Waals surface area contributed by atoms with Gasteiger partial charge in [-0.05, 0) is 32.4 Å². The second-order valence-corrected chi connectivity index (χ2v) is 6.97. The van der Waals surface area contributed by atoms with Gasteiger partial charge in [-0.1, -0.05) is 0 Å². The van der Waals surface area contributed by atoms with Gasteiger partial charge in [-0.2, -0.15) is 0 Å². The van der Waals surface area contributed by atoms with Gasteiger partial charge in [0.2, 0.25) is 5.91 Å². The highest BCUT2D eigenvalue weighted by molar-refractivity contribution is 7.12. The molecule has 4 nitrogen and oxygen atoms in total. The average Bonchev–Trinajstić information content (AvgIpc) is 2.63. The molecule has 0 saturated carbocycles. The molecule has 2 atom stereocenters. The zero-order chi connectivity index (χ0) is 14.7. The van der Waals surface area contributed by atoms with Gasteiger partial charge in [-0.3, -0.25) is 9.69 Å². The molecule has 112 valence electrons. The Labute approximate surface area is 125 Å². The minimum atomic E-state index is 0.0944. The predicted molar refractivity (Wildman–Crippen MR) is 83.9 cm³/mol. The van der Waals surface area contributed by atoms with Crippen LogP contribution in [0.4, 0.5) is 0 Å². The largest absolute Gasteiger partial charge is 0.342 e. The quantitative estimate of drug-likeness (QED) is 0.928. The summed E-state index contributed by atoms with van der Waals surface area (Å²) in [5.74, 6) is 0.177. The molecule has 1 fully saturated rings. The van der Waals surface area contributed by atoms with E-state index in [1.54, 1.807) is 6.92 Å². The van der Waals surface area contributed by atoms with Gasteiger partial charge in [0.25, 0.3) is 0 Å². The van der Waals surface area contributed by atoms with E-state index in [2.05, 4.69) is 30.9 Å². The van der Waals surface area contributed by atoms with Gasteiger partial charge in [0.05, 0.1) is 6.04 Å². The third-order valence-electron chi connectivity index (χ3n) is 3.92. The lowest BCUT2D eigenvalue weighted by molar-refractivity contribution is -0.128. The molecule has 2 heterocycles. The molecule has 5 heteroatoms. The van der Waals surface area contributed by atoms with E-state index in [1.807, 2.05) is 16.2 Å². The first-order chi connectivity index (χ1) is 9.49. The number of hydrogen-bond acceptors (Lipinski definition) is 4. The number of nitrogens with two attached hydrogens (primary N) is 1. The lowest BCUT2D eigenvalue weighted by atomic mass is 10.1. The number of carbonyl (C=O) groups is 1. The molecule has 1 aromatic rings. The van der Waals surface area contributed by atoms with Crippen LogP contribution in [0.5, 0.6) is 0 Å². The normalized spacial score (nSPS) is 20.5. The van der Waals surface area contributed by atoms with Crippen molar-refractivity contribution in [2.45, 2.75) is 39.3 Å². The van der Waals surface area contributed by atoms with Crippen LogP contribution in [-0.2, 0) is 4.79 Å². The van der Waals surface area contributed by atoms with E-state index in [0.29, 0.717) is 0 Å². The molecule has 2 unspecified atom stereocenters. The van der Waals surface area contributed by atoms with E-state index in [9.17, 15) is 4.79 Å². The molecule has 0 aliphatic carbocycles. The van der Waals surface area contributed by atoms with Crippen molar-refractivity contribution in [1.29, 1.82) is 0 Å². The first-order valence-corrected chi connectivity index (χ1v) is 8.12. The number of nitrogens with zero attached hydrogens (tertiary/aromatic N) is 2. The molecule has 2 rings (SSSR count). The Morgan fingerprint density at radius 2 is 2.05 bits per heavy atom. The first-order valence-electron chi connectivity index (χ1n) is 7.30. The molecule has 1 aliphatic rings. The van der Waals surface area contributed by atoms with Crippen molar-refractivity contribution in [2.24, 2.45) is 5.73 Å². The monoisotopic (exact) mass is 295 g/mol. The van der Waals surface area contributed by atoms with Gasteiger partial charge in [-0.15, -0.1) is 11.3 Å². The molecule has 1 amide bonds. The Hall–Kier alpha value is -0.910. The van der Waals surface area contributed by atoms with Gasteiger partial charge >= 0.3 is 0 Å². The second-order valence-electron chi connectivity index (χ2n) is 5.65. The smallest absolute Gasteiger partial charge is 0.219 e. The summed E-state index contributed by atoms with van der Waals surface area (Å²) in [6, 6.07) is 4.72.